The van der Waals surface area contributed by atoms with Crippen molar-refractivity contribution in [3.63, 3.8) is 0 Å². The lowest BCUT2D eigenvalue weighted by atomic mass is 10.1. The molecule has 0 atom stereocenters. The second-order valence-corrected chi connectivity index (χ2v) is 6.77. The van der Waals surface area contributed by atoms with E-state index in [9.17, 15) is 19.8 Å². The van der Waals surface area contributed by atoms with Crippen molar-refractivity contribution in [2.45, 2.75) is 18.7 Å². The van der Waals surface area contributed by atoms with Gasteiger partial charge in [0.1, 0.15) is 0 Å². The van der Waals surface area contributed by atoms with E-state index in [4.69, 9.17) is 0 Å². The van der Waals surface area contributed by atoms with E-state index in [2.05, 4.69) is 17.6 Å². The van der Waals surface area contributed by atoms with Gasteiger partial charge in [0.05, 0.1) is 16.8 Å². The molecule has 7 heteroatoms. The van der Waals surface area contributed by atoms with Gasteiger partial charge in [-0.3, -0.25) is 4.99 Å². The van der Waals surface area contributed by atoms with Gasteiger partial charge in [-0.15, -0.1) is 12.6 Å². The fraction of sp³-hybridized carbons (Fsp3) is 0.0952. The van der Waals surface area contributed by atoms with E-state index in [1.165, 1.54) is 12.1 Å². The molecule has 0 aliphatic rings. The lowest BCUT2D eigenvalue weighted by Crippen LogP contribution is -2.07. The lowest BCUT2D eigenvalue weighted by Gasteiger charge is -2.12. The standard InChI is InChI=1S/C21H18N2O4S/c1-12-7-16(11-22-18-5-3-4-6-19(18)28)13(2)23(12)17-9-14(20(24)25)8-15(10-17)21(26)27/h3-11,28H,1-2H3,(H,24,25)(H,26,27). The molecule has 0 aliphatic carbocycles. The molecule has 0 spiro atoms. The Kier molecular flexibility index (Phi) is 5.37. The number of para-hydroxylation sites is 1. The van der Waals surface area contributed by atoms with E-state index in [1.807, 2.05) is 48.7 Å². The van der Waals surface area contributed by atoms with Gasteiger partial charge in [-0.25, -0.2) is 9.59 Å². The first-order valence-electron chi connectivity index (χ1n) is 8.41. The van der Waals surface area contributed by atoms with Crippen LogP contribution < -0.4 is 0 Å². The molecule has 142 valence electrons. The van der Waals surface area contributed by atoms with Gasteiger partial charge >= 0.3 is 11.9 Å². The van der Waals surface area contributed by atoms with E-state index >= 15 is 0 Å². The van der Waals surface area contributed by atoms with Crippen molar-refractivity contribution >= 4 is 36.5 Å². The van der Waals surface area contributed by atoms with E-state index in [0.717, 1.165) is 33.6 Å². The Bertz CT molecular complexity index is 1080. The summed E-state index contributed by atoms with van der Waals surface area (Å²) in [6.07, 6.45) is 1.72. The molecule has 0 fully saturated rings. The number of nitrogens with zero attached hydrogens (tertiary/aromatic N) is 2. The summed E-state index contributed by atoms with van der Waals surface area (Å²) in [5.74, 6) is -2.36. The average Bonchev–Trinajstić information content (AvgIpc) is 2.94. The Hall–Kier alpha value is -3.32. The van der Waals surface area contributed by atoms with Gasteiger partial charge in [-0.2, -0.15) is 0 Å². The summed E-state index contributed by atoms with van der Waals surface area (Å²) in [5.41, 5.74) is 3.53. The first kappa shape index (κ1) is 19.4. The molecule has 0 unspecified atom stereocenters. The summed E-state index contributed by atoms with van der Waals surface area (Å²) in [4.78, 5) is 28.0. The van der Waals surface area contributed by atoms with Crippen LogP contribution in [0.15, 0.2) is 58.4 Å². The molecule has 1 aromatic heterocycles. The van der Waals surface area contributed by atoms with Gasteiger partial charge in [-0.05, 0) is 50.2 Å². The minimum atomic E-state index is -1.18. The third kappa shape index (κ3) is 3.84. The zero-order chi connectivity index (χ0) is 20.4. The highest BCUT2D eigenvalue weighted by atomic mass is 32.1. The molecular weight excluding hydrogens is 376 g/mol. The largest absolute Gasteiger partial charge is 0.478 e. The molecule has 6 nitrogen and oxygen atoms in total. The van der Waals surface area contributed by atoms with Gasteiger partial charge in [0, 0.05) is 33.7 Å². The van der Waals surface area contributed by atoms with E-state index < -0.39 is 11.9 Å². The van der Waals surface area contributed by atoms with Gasteiger partial charge in [0.15, 0.2) is 0 Å². The van der Waals surface area contributed by atoms with Crippen LogP contribution in [-0.2, 0) is 0 Å². The number of hydrogen-bond donors (Lipinski definition) is 3. The van der Waals surface area contributed by atoms with Crippen LogP contribution in [0.2, 0.25) is 0 Å². The lowest BCUT2D eigenvalue weighted by molar-refractivity contribution is 0.0696. The maximum Gasteiger partial charge on any atom is 0.335 e. The first-order chi connectivity index (χ1) is 13.3. The van der Waals surface area contributed by atoms with Crippen molar-refractivity contribution < 1.29 is 19.8 Å². The predicted molar refractivity (Wildman–Crippen MR) is 110 cm³/mol. The maximum atomic E-state index is 11.4. The topological polar surface area (TPSA) is 91.9 Å². The Morgan fingerprint density at radius 1 is 1.00 bits per heavy atom. The van der Waals surface area contributed by atoms with Gasteiger partial charge in [0.25, 0.3) is 0 Å². The number of aliphatic imine (C=N–C) groups is 1. The fourth-order valence-electron chi connectivity index (χ4n) is 3.02. The molecule has 2 aromatic carbocycles. The number of carboxylic acid groups (broad SMARTS) is 2. The molecule has 0 saturated carbocycles. The molecule has 2 N–H and O–H groups in total. The zero-order valence-corrected chi connectivity index (χ0v) is 16.1. The molecule has 3 aromatic rings. The van der Waals surface area contributed by atoms with Crippen LogP contribution in [0.1, 0.15) is 37.7 Å². The predicted octanol–water partition coefficient (Wildman–Crippen LogP) is 4.53. The van der Waals surface area contributed by atoms with Crippen molar-refractivity contribution in [1.29, 1.82) is 0 Å². The minimum Gasteiger partial charge on any atom is -0.478 e. The van der Waals surface area contributed by atoms with Crippen LogP contribution in [0.3, 0.4) is 0 Å². The summed E-state index contributed by atoms with van der Waals surface area (Å²) in [5, 5.41) is 18.6. The van der Waals surface area contributed by atoms with Crippen molar-refractivity contribution in [3.05, 3.63) is 76.6 Å². The highest BCUT2D eigenvalue weighted by molar-refractivity contribution is 7.80. The number of carboxylic acids is 2. The van der Waals surface area contributed by atoms with Crippen LogP contribution in [0.4, 0.5) is 5.69 Å². The Balaban J connectivity index is 2.09. The van der Waals surface area contributed by atoms with E-state index in [0.29, 0.717) is 5.69 Å². The Labute approximate surface area is 167 Å². The maximum absolute atomic E-state index is 11.4. The average molecular weight is 394 g/mol. The van der Waals surface area contributed by atoms with Crippen molar-refractivity contribution in [2.24, 2.45) is 4.99 Å². The third-order valence-corrected chi connectivity index (χ3v) is 4.74. The molecule has 0 saturated heterocycles. The van der Waals surface area contributed by atoms with Crippen LogP contribution >= 0.6 is 12.6 Å². The molecule has 1 heterocycles. The molecule has 0 amide bonds. The van der Waals surface area contributed by atoms with Gasteiger partial charge in [-0.1, -0.05) is 12.1 Å². The number of aromatic nitrogens is 1. The second kappa shape index (κ2) is 7.74. The minimum absolute atomic E-state index is 0.0818. The number of aromatic carboxylic acids is 2. The number of benzene rings is 2. The van der Waals surface area contributed by atoms with Crippen LogP contribution in [0, 0.1) is 13.8 Å². The molecule has 3 rings (SSSR count). The van der Waals surface area contributed by atoms with Crippen molar-refractivity contribution in [1.82, 2.24) is 4.57 Å². The molecule has 0 bridgehead atoms. The Morgan fingerprint density at radius 3 is 2.18 bits per heavy atom. The molecule has 0 radical (unpaired) electrons. The zero-order valence-electron chi connectivity index (χ0n) is 15.2. The summed E-state index contributed by atoms with van der Waals surface area (Å²) in [7, 11) is 0. The number of thiol groups is 1. The normalized spacial score (nSPS) is 11.1. The summed E-state index contributed by atoms with van der Waals surface area (Å²) < 4.78 is 1.81. The van der Waals surface area contributed by atoms with Crippen molar-refractivity contribution in [2.75, 3.05) is 0 Å². The van der Waals surface area contributed by atoms with Crippen LogP contribution in [0.5, 0.6) is 0 Å². The third-order valence-electron chi connectivity index (χ3n) is 4.36. The number of rotatable bonds is 5. The molecule has 28 heavy (non-hydrogen) atoms. The quantitative estimate of drug-likeness (QED) is 0.438. The summed E-state index contributed by atoms with van der Waals surface area (Å²) in [6, 6.07) is 13.4. The summed E-state index contributed by atoms with van der Waals surface area (Å²) >= 11 is 4.38. The SMILES string of the molecule is Cc1cc(C=Nc2ccccc2S)c(C)n1-c1cc(C(=O)O)cc(C(=O)O)c1. The van der Waals surface area contributed by atoms with Gasteiger partial charge < -0.3 is 14.8 Å². The summed E-state index contributed by atoms with van der Waals surface area (Å²) in [6.45, 7) is 3.74. The smallest absolute Gasteiger partial charge is 0.335 e. The molecular formula is C21H18N2O4S. The van der Waals surface area contributed by atoms with E-state index in [-0.39, 0.29) is 11.1 Å². The van der Waals surface area contributed by atoms with Crippen LogP contribution in [0.25, 0.3) is 5.69 Å². The highest BCUT2D eigenvalue weighted by Gasteiger charge is 2.16. The monoisotopic (exact) mass is 394 g/mol. The number of aryl methyl sites for hydroxylation is 1. The highest BCUT2D eigenvalue weighted by Crippen LogP contribution is 2.25. The van der Waals surface area contributed by atoms with E-state index in [1.54, 1.807) is 6.21 Å². The van der Waals surface area contributed by atoms with Crippen LogP contribution in [-0.4, -0.2) is 32.9 Å². The fourth-order valence-corrected chi connectivity index (χ4v) is 3.23. The Morgan fingerprint density at radius 2 is 1.61 bits per heavy atom. The van der Waals surface area contributed by atoms with Crippen molar-refractivity contribution in [3.8, 4) is 5.69 Å². The molecule has 0 aliphatic heterocycles. The second-order valence-electron chi connectivity index (χ2n) is 6.29. The number of carbonyl (C=O) groups is 2. The first-order valence-corrected chi connectivity index (χ1v) is 8.85. The number of hydrogen-bond acceptors (Lipinski definition) is 4. The van der Waals surface area contributed by atoms with Gasteiger partial charge in [0.2, 0.25) is 0 Å².